The second kappa shape index (κ2) is 4.94. The van der Waals surface area contributed by atoms with Crippen molar-refractivity contribution in [1.82, 2.24) is 15.5 Å². The van der Waals surface area contributed by atoms with E-state index in [1.54, 1.807) is 0 Å². The maximum absolute atomic E-state index is 11.5. The van der Waals surface area contributed by atoms with Crippen molar-refractivity contribution in [3.63, 3.8) is 0 Å². The number of piperazine rings is 1. The van der Waals surface area contributed by atoms with E-state index in [-0.39, 0.29) is 5.91 Å². The predicted molar refractivity (Wildman–Crippen MR) is 59.6 cm³/mol. The zero-order valence-electron chi connectivity index (χ0n) is 9.46. The number of carbonyl (C=O) groups excluding carboxylic acids is 1. The van der Waals surface area contributed by atoms with Crippen molar-refractivity contribution in [1.29, 1.82) is 0 Å². The second-order valence-corrected chi connectivity index (χ2v) is 4.70. The highest BCUT2D eigenvalue weighted by Crippen LogP contribution is 2.37. The summed E-state index contributed by atoms with van der Waals surface area (Å²) in [5, 5.41) is 6.34. The largest absolute Gasteiger partial charge is 0.355 e. The Kier molecular flexibility index (Phi) is 3.59. The van der Waals surface area contributed by atoms with Gasteiger partial charge in [0.2, 0.25) is 5.91 Å². The summed E-state index contributed by atoms with van der Waals surface area (Å²) in [4.78, 5) is 13.9. The van der Waals surface area contributed by atoms with Crippen LogP contribution in [0, 0.1) is 11.8 Å². The lowest BCUT2D eigenvalue weighted by atomic mass is 10.3. The summed E-state index contributed by atoms with van der Waals surface area (Å²) in [7, 11) is 0. The molecule has 2 rings (SSSR count). The molecule has 2 aliphatic rings. The van der Waals surface area contributed by atoms with Crippen LogP contribution in [0.25, 0.3) is 0 Å². The summed E-state index contributed by atoms with van der Waals surface area (Å²) >= 11 is 0. The van der Waals surface area contributed by atoms with E-state index in [9.17, 15) is 4.79 Å². The van der Waals surface area contributed by atoms with E-state index in [1.165, 1.54) is 0 Å². The van der Waals surface area contributed by atoms with Crippen LogP contribution in [-0.2, 0) is 4.79 Å². The molecule has 15 heavy (non-hydrogen) atoms. The van der Waals surface area contributed by atoms with Crippen molar-refractivity contribution in [2.45, 2.75) is 13.3 Å². The molecule has 1 aliphatic carbocycles. The minimum absolute atomic E-state index is 0.262. The quantitative estimate of drug-likeness (QED) is 0.669. The van der Waals surface area contributed by atoms with Crippen molar-refractivity contribution < 1.29 is 4.79 Å². The van der Waals surface area contributed by atoms with Crippen LogP contribution in [0.3, 0.4) is 0 Å². The molecule has 1 heterocycles. The number of nitrogens with zero attached hydrogens (tertiary/aromatic N) is 1. The van der Waals surface area contributed by atoms with E-state index >= 15 is 0 Å². The lowest BCUT2D eigenvalue weighted by Crippen LogP contribution is -2.46. The van der Waals surface area contributed by atoms with Crippen LogP contribution in [0.4, 0.5) is 0 Å². The summed E-state index contributed by atoms with van der Waals surface area (Å²) in [6, 6.07) is 0. The average Bonchev–Trinajstić information content (AvgIpc) is 2.97. The summed E-state index contributed by atoms with van der Waals surface area (Å²) in [6.07, 6.45) is 1.08. The minimum atomic E-state index is 0.262. The molecule has 2 N–H and O–H groups in total. The molecule has 4 heteroatoms. The number of amides is 1. The molecule has 2 unspecified atom stereocenters. The fourth-order valence-electron chi connectivity index (χ4n) is 2.09. The van der Waals surface area contributed by atoms with Gasteiger partial charge in [-0.1, -0.05) is 6.92 Å². The van der Waals surface area contributed by atoms with Gasteiger partial charge in [0, 0.05) is 45.2 Å². The van der Waals surface area contributed by atoms with E-state index in [0.717, 1.165) is 45.7 Å². The van der Waals surface area contributed by atoms with E-state index in [2.05, 4.69) is 22.5 Å². The number of carbonyl (C=O) groups is 1. The third-order valence-electron chi connectivity index (χ3n) is 3.38. The monoisotopic (exact) mass is 211 g/mol. The van der Waals surface area contributed by atoms with Crippen molar-refractivity contribution >= 4 is 5.91 Å². The maximum atomic E-state index is 11.5. The van der Waals surface area contributed by atoms with Gasteiger partial charge in [-0.15, -0.1) is 0 Å². The molecule has 2 fully saturated rings. The third-order valence-corrected chi connectivity index (χ3v) is 3.38. The highest BCUT2D eigenvalue weighted by atomic mass is 16.2. The number of nitrogens with one attached hydrogen (secondary N) is 2. The first-order valence-corrected chi connectivity index (χ1v) is 5.98. The summed E-state index contributed by atoms with van der Waals surface area (Å²) in [6.45, 7) is 8.31. The van der Waals surface area contributed by atoms with Crippen molar-refractivity contribution in [2.75, 3.05) is 39.3 Å². The van der Waals surface area contributed by atoms with Gasteiger partial charge < -0.3 is 10.6 Å². The fraction of sp³-hybridized carbons (Fsp3) is 0.909. The fourth-order valence-corrected chi connectivity index (χ4v) is 2.09. The lowest BCUT2D eigenvalue weighted by molar-refractivity contribution is -0.122. The van der Waals surface area contributed by atoms with E-state index in [1.807, 2.05) is 0 Å². The van der Waals surface area contributed by atoms with Crippen LogP contribution in [0.5, 0.6) is 0 Å². The van der Waals surface area contributed by atoms with E-state index in [0.29, 0.717) is 11.8 Å². The van der Waals surface area contributed by atoms with Crippen LogP contribution < -0.4 is 10.6 Å². The number of hydrogen-bond donors (Lipinski definition) is 2. The van der Waals surface area contributed by atoms with Gasteiger partial charge in [-0.3, -0.25) is 9.69 Å². The topological polar surface area (TPSA) is 44.4 Å². The van der Waals surface area contributed by atoms with Crippen molar-refractivity contribution in [2.24, 2.45) is 11.8 Å². The molecule has 0 aromatic heterocycles. The molecule has 0 spiro atoms. The molecule has 1 aliphatic heterocycles. The van der Waals surface area contributed by atoms with Gasteiger partial charge in [0.05, 0.1) is 0 Å². The van der Waals surface area contributed by atoms with Crippen LogP contribution in [0.2, 0.25) is 0 Å². The van der Waals surface area contributed by atoms with Gasteiger partial charge in [-0.05, 0) is 12.3 Å². The lowest BCUT2D eigenvalue weighted by Gasteiger charge is -2.27. The van der Waals surface area contributed by atoms with Gasteiger partial charge >= 0.3 is 0 Å². The number of hydrogen-bond acceptors (Lipinski definition) is 3. The molecule has 0 aromatic rings. The Morgan fingerprint density at radius 2 is 2.13 bits per heavy atom. The first-order valence-electron chi connectivity index (χ1n) is 5.98. The van der Waals surface area contributed by atoms with Crippen LogP contribution in [-0.4, -0.2) is 50.1 Å². The van der Waals surface area contributed by atoms with Gasteiger partial charge in [0.25, 0.3) is 0 Å². The first-order chi connectivity index (χ1) is 7.27. The molecule has 1 saturated carbocycles. The van der Waals surface area contributed by atoms with Crippen LogP contribution >= 0.6 is 0 Å². The molecule has 0 aromatic carbocycles. The Bertz CT molecular complexity index is 226. The second-order valence-electron chi connectivity index (χ2n) is 4.70. The molecular formula is C11H21N3O. The van der Waals surface area contributed by atoms with Crippen molar-refractivity contribution in [3.8, 4) is 0 Å². The van der Waals surface area contributed by atoms with E-state index in [4.69, 9.17) is 0 Å². The molecule has 1 saturated heterocycles. The van der Waals surface area contributed by atoms with Gasteiger partial charge in [-0.2, -0.15) is 0 Å². The molecule has 4 nitrogen and oxygen atoms in total. The standard InChI is InChI=1S/C11H21N3O/c1-9-8-10(9)11(15)13-4-7-14-5-2-12-3-6-14/h9-10,12H,2-8H2,1H3,(H,13,15). The Hall–Kier alpha value is -0.610. The van der Waals surface area contributed by atoms with Crippen molar-refractivity contribution in [3.05, 3.63) is 0 Å². The minimum Gasteiger partial charge on any atom is -0.355 e. The van der Waals surface area contributed by atoms with Gasteiger partial charge in [0.1, 0.15) is 0 Å². The Morgan fingerprint density at radius 3 is 2.73 bits per heavy atom. The molecule has 86 valence electrons. The predicted octanol–water partition coefficient (Wildman–Crippen LogP) is -0.336. The van der Waals surface area contributed by atoms with Crippen LogP contribution in [0.1, 0.15) is 13.3 Å². The Labute approximate surface area is 91.4 Å². The third kappa shape index (κ3) is 3.18. The SMILES string of the molecule is CC1CC1C(=O)NCCN1CCNCC1. The highest BCUT2D eigenvalue weighted by molar-refractivity contribution is 5.81. The Morgan fingerprint density at radius 1 is 1.47 bits per heavy atom. The zero-order valence-corrected chi connectivity index (χ0v) is 9.46. The Balaban J connectivity index is 1.56. The summed E-state index contributed by atoms with van der Waals surface area (Å²) in [5.74, 6) is 1.19. The number of rotatable bonds is 4. The molecule has 2 atom stereocenters. The molecule has 1 amide bonds. The smallest absolute Gasteiger partial charge is 0.223 e. The molecular weight excluding hydrogens is 190 g/mol. The van der Waals surface area contributed by atoms with Crippen LogP contribution in [0.15, 0.2) is 0 Å². The highest BCUT2D eigenvalue weighted by Gasteiger charge is 2.38. The normalized spacial score (nSPS) is 31.3. The molecule has 0 radical (unpaired) electrons. The van der Waals surface area contributed by atoms with Gasteiger partial charge in [-0.25, -0.2) is 0 Å². The first kappa shape index (κ1) is 10.9. The maximum Gasteiger partial charge on any atom is 0.223 e. The zero-order chi connectivity index (χ0) is 10.7. The average molecular weight is 211 g/mol. The summed E-state index contributed by atoms with van der Waals surface area (Å²) in [5.41, 5.74) is 0. The van der Waals surface area contributed by atoms with Gasteiger partial charge in [0.15, 0.2) is 0 Å². The van der Waals surface area contributed by atoms with E-state index < -0.39 is 0 Å². The molecule has 0 bridgehead atoms. The summed E-state index contributed by atoms with van der Waals surface area (Å²) < 4.78 is 0.